The molecule has 118 valence electrons. The molecule has 0 saturated heterocycles. The third-order valence-corrected chi connectivity index (χ3v) is 5.82. The van der Waals surface area contributed by atoms with E-state index in [0.29, 0.717) is 0 Å². The highest BCUT2D eigenvalue weighted by molar-refractivity contribution is 5.85. The molecule has 0 amide bonds. The van der Waals surface area contributed by atoms with Crippen molar-refractivity contribution in [2.75, 3.05) is 20.4 Å². The summed E-state index contributed by atoms with van der Waals surface area (Å²) in [5.74, 6) is 1.65. The van der Waals surface area contributed by atoms with Gasteiger partial charge in [-0.1, -0.05) is 24.3 Å². The molecule has 0 fully saturated rings. The van der Waals surface area contributed by atoms with Gasteiger partial charge in [-0.15, -0.1) is 0 Å². The normalized spacial score (nSPS) is 27.5. The van der Waals surface area contributed by atoms with Gasteiger partial charge in [0, 0.05) is 12.1 Å². The third kappa shape index (κ3) is 1.48. The lowest BCUT2D eigenvalue weighted by Crippen LogP contribution is -2.52. The molecule has 23 heavy (non-hydrogen) atoms. The molecule has 0 radical (unpaired) electrons. The van der Waals surface area contributed by atoms with Gasteiger partial charge < -0.3 is 14.6 Å². The Bertz CT molecular complexity index is 832. The molecule has 4 heteroatoms. The predicted octanol–water partition coefficient (Wildman–Crippen LogP) is 2.83. The molecule has 2 aliphatic heterocycles. The molecule has 5 rings (SSSR count). The highest BCUT2D eigenvalue weighted by atomic mass is 16.7. The zero-order chi connectivity index (χ0) is 15.8. The smallest absolute Gasteiger partial charge is 0.231 e. The number of hydrogen-bond acceptors (Lipinski definition) is 4. The van der Waals surface area contributed by atoms with Gasteiger partial charge in [-0.3, -0.25) is 4.90 Å². The van der Waals surface area contributed by atoms with Crippen LogP contribution in [0.1, 0.15) is 29.7 Å². The van der Waals surface area contributed by atoms with E-state index >= 15 is 0 Å². The lowest BCUT2D eigenvalue weighted by molar-refractivity contribution is -0.0216. The van der Waals surface area contributed by atoms with Gasteiger partial charge in [-0.2, -0.15) is 0 Å². The molecule has 2 atom stereocenters. The molecule has 2 heterocycles. The first-order chi connectivity index (χ1) is 11.1. The van der Waals surface area contributed by atoms with Crippen molar-refractivity contribution in [3.05, 3.63) is 47.0 Å². The molecule has 0 aromatic heterocycles. The molecular weight excluding hydrogens is 290 g/mol. The van der Waals surface area contributed by atoms with Crippen molar-refractivity contribution in [3.63, 3.8) is 0 Å². The minimum Gasteiger partial charge on any atom is -0.454 e. The quantitative estimate of drug-likeness (QED) is 0.812. The summed E-state index contributed by atoms with van der Waals surface area (Å²) in [4.78, 5) is 2.27. The van der Waals surface area contributed by atoms with Gasteiger partial charge in [0.15, 0.2) is 11.5 Å². The van der Waals surface area contributed by atoms with Crippen molar-refractivity contribution in [3.8, 4) is 22.6 Å². The van der Waals surface area contributed by atoms with E-state index in [1.807, 2.05) is 18.2 Å². The fourth-order valence-electron chi connectivity index (χ4n) is 4.45. The van der Waals surface area contributed by atoms with Gasteiger partial charge >= 0.3 is 0 Å². The molecule has 0 unspecified atom stereocenters. The maximum Gasteiger partial charge on any atom is 0.231 e. The summed E-state index contributed by atoms with van der Waals surface area (Å²) in [6.07, 6.45) is 0.399. The zero-order valence-corrected chi connectivity index (χ0v) is 13.3. The molecule has 0 bridgehead atoms. The Balaban J connectivity index is 1.95. The van der Waals surface area contributed by atoms with Crippen LogP contribution in [0.2, 0.25) is 0 Å². The van der Waals surface area contributed by atoms with E-state index in [2.05, 4.69) is 31.0 Å². The summed E-state index contributed by atoms with van der Waals surface area (Å²) in [5.41, 5.74) is 5.14. The Morgan fingerprint density at radius 1 is 1.26 bits per heavy atom. The van der Waals surface area contributed by atoms with Crippen molar-refractivity contribution < 1.29 is 14.6 Å². The molecule has 3 aliphatic rings. The van der Waals surface area contributed by atoms with Crippen LogP contribution in [0.15, 0.2) is 30.3 Å². The molecule has 0 spiro atoms. The molecule has 0 saturated carbocycles. The Morgan fingerprint density at radius 2 is 2.09 bits per heavy atom. The number of aliphatic hydroxyl groups is 1. The van der Waals surface area contributed by atoms with Gasteiger partial charge in [0.1, 0.15) is 6.10 Å². The summed E-state index contributed by atoms with van der Waals surface area (Å²) in [6.45, 7) is 3.32. The first-order valence-electron chi connectivity index (χ1n) is 8.07. The SMILES string of the molecule is CN1CCc2cc3c(c4c2[C@@]1(C)[C@@H](O)c1ccccc1-4)OCO3. The number of ether oxygens (including phenoxy) is 2. The van der Waals surface area contributed by atoms with E-state index in [4.69, 9.17) is 9.47 Å². The monoisotopic (exact) mass is 309 g/mol. The average Bonchev–Trinajstić information content (AvgIpc) is 3.03. The minimum absolute atomic E-state index is 0.266. The maximum absolute atomic E-state index is 11.2. The van der Waals surface area contributed by atoms with E-state index in [1.165, 1.54) is 11.1 Å². The second-order valence-corrected chi connectivity index (χ2v) is 6.83. The number of aliphatic hydroxyl groups excluding tert-OH is 1. The molecule has 4 nitrogen and oxygen atoms in total. The Morgan fingerprint density at radius 3 is 2.96 bits per heavy atom. The van der Waals surface area contributed by atoms with Gasteiger partial charge in [-0.25, -0.2) is 0 Å². The molecule has 2 aromatic carbocycles. The van der Waals surface area contributed by atoms with Gasteiger partial charge in [0.05, 0.1) is 5.54 Å². The van der Waals surface area contributed by atoms with E-state index in [0.717, 1.165) is 41.2 Å². The van der Waals surface area contributed by atoms with Crippen LogP contribution in [0.4, 0.5) is 0 Å². The second kappa shape index (κ2) is 4.28. The Hall–Kier alpha value is -2.04. The second-order valence-electron chi connectivity index (χ2n) is 6.83. The molecule has 1 aliphatic carbocycles. The number of likely N-dealkylation sites (N-methyl/N-ethyl adjacent to an activating group) is 1. The van der Waals surface area contributed by atoms with Crippen molar-refractivity contribution in [1.82, 2.24) is 4.90 Å². The first kappa shape index (κ1) is 13.4. The van der Waals surface area contributed by atoms with E-state index in [-0.39, 0.29) is 6.79 Å². The van der Waals surface area contributed by atoms with Gasteiger partial charge in [-0.05, 0) is 48.7 Å². The maximum atomic E-state index is 11.2. The van der Waals surface area contributed by atoms with E-state index in [1.54, 1.807) is 0 Å². The van der Waals surface area contributed by atoms with Crippen molar-refractivity contribution >= 4 is 0 Å². The van der Waals surface area contributed by atoms with Crippen molar-refractivity contribution in [2.24, 2.45) is 0 Å². The molecule has 1 N–H and O–H groups in total. The van der Waals surface area contributed by atoms with Gasteiger partial charge in [0.25, 0.3) is 0 Å². The number of nitrogens with zero attached hydrogens (tertiary/aromatic N) is 1. The highest BCUT2D eigenvalue weighted by Crippen LogP contribution is 2.58. The summed E-state index contributed by atoms with van der Waals surface area (Å²) in [6, 6.07) is 10.2. The van der Waals surface area contributed by atoms with Crippen molar-refractivity contribution in [1.29, 1.82) is 0 Å². The van der Waals surface area contributed by atoms with Crippen LogP contribution in [0, 0.1) is 0 Å². The molecule has 2 aromatic rings. The lowest BCUT2D eigenvalue weighted by Gasteiger charge is -2.51. The van der Waals surface area contributed by atoms with Crippen LogP contribution in [-0.2, 0) is 12.0 Å². The number of fused-ring (bicyclic) bond motifs is 4. The van der Waals surface area contributed by atoms with Crippen LogP contribution in [0.3, 0.4) is 0 Å². The summed E-state index contributed by atoms with van der Waals surface area (Å²) in [7, 11) is 2.09. The number of benzene rings is 2. The lowest BCUT2D eigenvalue weighted by atomic mass is 9.67. The standard InChI is InChI=1S/C19H19NO3/c1-19-16-11(7-8-20(19)2)9-14-17(23-10-22-14)15(16)12-5-3-4-6-13(12)18(19)21/h3-6,9,18,21H,7-8,10H2,1-2H3/t18-,19-/m0/s1. The average molecular weight is 309 g/mol. The Kier molecular flexibility index (Phi) is 2.49. The van der Waals surface area contributed by atoms with Crippen LogP contribution in [0.5, 0.6) is 11.5 Å². The third-order valence-electron chi connectivity index (χ3n) is 5.82. The van der Waals surface area contributed by atoms with Crippen LogP contribution < -0.4 is 9.47 Å². The minimum atomic E-state index is -0.560. The van der Waals surface area contributed by atoms with Crippen molar-refractivity contribution in [2.45, 2.75) is 25.0 Å². The largest absolute Gasteiger partial charge is 0.454 e. The number of hydrogen-bond donors (Lipinski definition) is 1. The fourth-order valence-corrected chi connectivity index (χ4v) is 4.45. The Labute approximate surface area is 135 Å². The number of rotatable bonds is 0. The molecular formula is C19H19NO3. The van der Waals surface area contributed by atoms with E-state index < -0.39 is 11.6 Å². The predicted molar refractivity (Wildman–Crippen MR) is 86.6 cm³/mol. The summed E-state index contributed by atoms with van der Waals surface area (Å²) in [5, 5.41) is 11.2. The zero-order valence-electron chi connectivity index (χ0n) is 13.3. The highest BCUT2D eigenvalue weighted by Gasteiger charge is 2.50. The van der Waals surface area contributed by atoms with Gasteiger partial charge in [0.2, 0.25) is 6.79 Å². The topological polar surface area (TPSA) is 41.9 Å². The summed E-state index contributed by atoms with van der Waals surface area (Å²) < 4.78 is 11.5. The summed E-state index contributed by atoms with van der Waals surface area (Å²) >= 11 is 0. The fraction of sp³-hybridized carbons (Fsp3) is 0.368. The van der Waals surface area contributed by atoms with Crippen LogP contribution in [0.25, 0.3) is 11.1 Å². The van der Waals surface area contributed by atoms with Crippen LogP contribution in [-0.4, -0.2) is 30.4 Å². The first-order valence-corrected chi connectivity index (χ1v) is 8.07. The van der Waals surface area contributed by atoms with E-state index in [9.17, 15) is 5.11 Å². The van der Waals surface area contributed by atoms with Crippen LogP contribution >= 0.6 is 0 Å².